The van der Waals surface area contributed by atoms with E-state index in [-0.39, 0.29) is 116 Å². The molecule has 3 aromatic carbocycles. The Hall–Kier alpha value is -12.4. The number of amides is 13. The van der Waals surface area contributed by atoms with Crippen molar-refractivity contribution in [3.63, 3.8) is 0 Å². The molecule has 13 amide bonds. The van der Waals surface area contributed by atoms with E-state index in [1.165, 1.54) is 6.92 Å². The Balaban J connectivity index is 1.21. The number of nitrogens with two attached hydrogens (primary N) is 3. The van der Waals surface area contributed by atoms with Gasteiger partial charge in [-0.2, -0.15) is 0 Å². The Kier molecular flexibility index (Phi) is 33.8. The highest BCUT2D eigenvalue weighted by Gasteiger charge is 2.42. The molecule has 2 saturated heterocycles. The average Bonchev–Trinajstić information content (AvgIpc) is 1.61. The van der Waals surface area contributed by atoms with E-state index in [0.29, 0.717) is 22.4 Å². The number of carboxylic acids is 1. The third kappa shape index (κ3) is 26.9. The van der Waals surface area contributed by atoms with Gasteiger partial charge in [-0.05, 0) is 139 Å². The predicted octanol–water partition coefficient (Wildman–Crippen LogP) is -1.13. The van der Waals surface area contributed by atoms with Gasteiger partial charge in [0.15, 0.2) is 11.9 Å². The van der Waals surface area contributed by atoms with E-state index in [2.05, 4.69) is 74.1 Å². The number of carboxylic acid groups (broad SMARTS) is 1. The Morgan fingerprint density at radius 2 is 1.16 bits per heavy atom. The number of nitrogens with zero attached hydrogens (tertiary/aromatic N) is 1. The smallest absolute Gasteiger partial charge is 0.407 e. The molecule has 37 heteroatoms. The van der Waals surface area contributed by atoms with Crippen molar-refractivity contribution < 1.29 is 82.1 Å². The van der Waals surface area contributed by atoms with Crippen molar-refractivity contribution in [3.8, 4) is 11.1 Å². The minimum Gasteiger partial charge on any atom is -0.481 e. The van der Waals surface area contributed by atoms with E-state index in [9.17, 15) is 77.3 Å². The van der Waals surface area contributed by atoms with Crippen LogP contribution >= 0.6 is 0 Å². The summed E-state index contributed by atoms with van der Waals surface area (Å²) < 4.78 is 5.61. The fourth-order valence-corrected chi connectivity index (χ4v) is 13.4. The number of carbonyl (C=O) groups excluding carboxylic acids is 13. The van der Waals surface area contributed by atoms with Gasteiger partial charge in [-0.1, -0.05) is 103 Å². The number of nitrogens with one attached hydrogen (secondary N) is 16. The summed E-state index contributed by atoms with van der Waals surface area (Å²) in [6, 6.07) is 6.77. The summed E-state index contributed by atoms with van der Waals surface area (Å²) in [6.45, 7) is 6.09. The Labute approximate surface area is 658 Å². The molecule has 37 nitrogen and oxygen atoms in total. The van der Waals surface area contributed by atoms with Gasteiger partial charge in [0, 0.05) is 43.2 Å². The number of primary amides is 1. The number of hydrogen-bond donors (Lipinski definition) is 21. The van der Waals surface area contributed by atoms with E-state index in [0.717, 1.165) is 32.5 Å². The first-order valence-corrected chi connectivity index (χ1v) is 37.8. The zero-order chi connectivity index (χ0) is 83.3. The van der Waals surface area contributed by atoms with Crippen molar-refractivity contribution in [2.45, 2.75) is 197 Å². The number of aromatic nitrogens is 1. The van der Waals surface area contributed by atoms with E-state index in [1.54, 1.807) is 70.2 Å². The first-order valence-electron chi connectivity index (χ1n) is 37.8. The summed E-state index contributed by atoms with van der Waals surface area (Å²) in [5.41, 5.74) is 23.4. The van der Waals surface area contributed by atoms with Crippen molar-refractivity contribution >= 4 is 106 Å². The number of aliphatic hydroxyl groups excluding tert-OH is 1. The maximum Gasteiger partial charge on any atom is 0.407 e. The molecular weight excluding hydrogens is 1480 g/mol. The van der Waals surface area contributed by atoms with Crippen molar-refractivity contribution in [2.24, 2.45) is 17.2 Å². The number of guanidine groups is 2. The van der Waals surface area contributed by atoms with Gasteiger partial charge in [-0.15, -0.1) is 0 Å². The molecular formula is C77H106N20O17. The monoisotopic (exact) mass is 1580 g/mol. The molecule has 0 saturated carbocycles. The second-order valence-corrected chi connectivity index (χ2v) is 28.8. The SMILES string of the molecule is CC(C)=CC[C@H](NC(=O)CNC(=O)OCC1c2ccccc2-c2ccccc21)C(=O)N[C@H]1CCCC[C@@H](C(N)=O)NC(=O)[C@H](CCCNC(=N)N)NC(=O)[C@H](Cc2cc3ccccc3[nH]2)NC(=O)[C@H](C)NC(=O)[C@H](CC=C(C)C)NC(=O)[C@H](CCCNC(=N)N)NC(=O)C2CCCN2C(=O)[C@H](CC(=O)O)NC(=O)[C@H](CO)NC1=O. The van der Waals surface area contributed by atoms with Crippen LogP contribution in [0.2, 0.25) is 0 Å². The number of hydrogen-bond acceptors (Lipinski definition) is 18. The maximum absolute atomic E-state index is 14.9. The molecule has 1 aromatic heterocycles. The van der Waals surface area contributed by atoms with Crippen molar-refractivity contribution in [2.75, 3.05) is 39.4 Å². The second-order valence-electron chi connectivity index (χ2n) is 28.8. The summed E-state index contributed by atoms with van der Waals surface area (Å²) >= 11 is 0. The first kappa shape index (κ1) is 88.8. The van der Waals surface area contributed by atoms with Gasteiger partial charge in [0.05, 0.1) is 13.0 Å². The number of ether oxygens (including phenoxy) is 1. The van der Waals surface area contributed by atoms with Crippen LogP contribution < -0.4 is 86.3 Å². The Morgan fingerprint density at radius 1 is 0.614 bits per heavy atom. The standard InChI is InChI=1S/C77H106N20O17/c1-41(2)28-30-56(88-62(99)38-85-77(113)114-40-50-48-20-9-7-18-46(48)47-19-8-10-21-49(47)50)70(108)90-53-24-13-12-23-52(64(78)102)89-67(105)54(25-14-32-83-75(79)80)91-71(109)58(36-45-35-44-17-6-11-22-51(44)87-45)94-65(103)43(5)86-66(104)57(31-29-42(3)4)92-68(106)55(26-15-33-84-76(81)82)93-73(111)61-27-16-34-97(61)74(112)59(37-63(100)101)95-72(110)60(39-98)96-69(53)107/h6-11,17-22,28-29,35,43,50,52-61,87,98H,12-16,23-27,30-34,36-40H2,1-5H3,(H2,78,102)(H,85,113)(H,86,104)(H,88,99)(H,89,105)(H,90,108)(H,91,109)(H,92,106)(H,93,111)(H,94,103)(H,95,110)(H,96,107)(H,100,101)(H4,79,80,83)(H4,81,82,84)/t43-,52-,53-,54-,55-,56-,57-,58-,59-,60-,61?/m0/s1. The lowest BCUT2D eigenvalue weighted by Gasteiger charge is -2.30. The number of carbonyl (C=O) groups is 14. The molecule has 1 unspecified atom stereocenters. The van der Waals surface area contributed by atoms with Crippen LogP contribution in [-0.2, 0) is 73.5 Å². The highest BCUT2D eigenvalue weighted by Crippen LogP contribution is 2.44. The van der Waals surface area contributed by atoms with Crippen LogP contribution in [-0.4, -0.2) is 221 Å². The normalized spacial score (nSPS) is 22.1. The van der Waals surface area contributed by atoms with E-state index in [1.807, 2.05) is 48.5 Å². The number of alkyl carbamates (subject to hydrolysis) is 1. The molecule has 2 fully saturated rings. The number of para-hydroxylation sites is 1. The number of fused-ring (bicyclic) bond motifs is 5. The van der Waals surface area contributed by atoms with Gasteiger partial charge >= 0.3 is 12.1 Å². The summed E-state index contributed by atoms with van der Waals surface area (Å²) in [6.07, 6.45) is -0.282. The first-order chi connectivity index (χ1) is 54.3. The van der Waals surface area contributed by atoms with Crippen molar-refractivity contribution in [1.29, 1.82) is 10.8 Å². The minimum absolute atomic E-state index is 0.0192. The van der Waals surface area contributed by atoms with Crippen LogP contribution in [0.25, 0.3) is 22.0 Å². The number of H-pyrrole nitrogens is 1. The molecule has 2 aliphatic heterocycles. The fraction of sp³-hybridized carbons (Fsp3) is 0.481. The number of aromatic amines is 1. The molecule has 4 aromatic rings. The largest absolute Gasteiger partial charge is 0.481 e. The zero-order valence-corrected chi connectivity index (χ0v) is 64.4. The summed E-state index contributed by atoms with van der Waals surface area (Å²) in [7, 11) is 0. The van der Waals surface area contributed by atoms with Crippen LogP contribution in [0.5, 0.6) is 0 Å². The highest BCUT2D eigenvalue weighted by atomic mass is 16.5. The van der Waals surface area contributed by atoms with Crippen molar-refractivity contribution in [3.05, 3.63) is 119 Å². The molecule has 3 aliphatic rings. The highest BCUT2D eigenvalue weighted by molar-refractivity contribution is 6.01. The van der Waals surface area contributed by atoms with Gasteiger partial charge in [0.1, 0.15) is 79.6 Å². The lowest BCUT2D eigenvalue weighted by Crippen LogP contribution is -2.61. The lowest BCUT2D eigenvalue weighted by atomic mass is 9.98. The van der Waals surface area contributed by atoms with Crippen LogP contribution in [0.3, 0.4) is 0 Å². The molecule has 7 rings (SSSR count). The zero-order valence-electron chi connectivity index (χ0n) is 64.4. The predicted molar refractivity (Wildman–Crippen MR) is 418 cm³/mol. The fourth-order valence-electron chi connectivity index (χ4n) is 13.4. The number of rotatable bonds is 25. The van der Waals surface area contributed by atoms with E-state index >= 15 is 0 Å². The van der Waals surface area contributed by atoms with E-state index < -0.39 is 181 Å². The molecule has 0 spiro atoms. The maximum atomic E-state index is 14.9. The van der Waals surface area contributed by atoms with Crippen LogP contribution in [0.4, 0.5) is 4.79 Å². The van der Waals surface area contributed by atoms with Crippen molar-refractivity contribution in [1.82, 2.24) is 79.0 Å². The second kappa shape index (κ2) is 43.4. The van der Waals surface area contributed by atoms with Gasteiger partial charge in [0.25, 0.3) is 0 Å². The molecule has 114 heavy (non-hydrogen) atoms. The number of aliphatic carboxylic acids is 1. The lowest BCUT2D eigenvalue weighted by molar-refractivity contribution is -0.146. The van der Waals surface area contributed by atoms with Gasteiger partial charge in [-0.3, -0.25) is 73.1 Å². The summed E-state index contributed by atoms with van der Waals surface area (Å²) in [5, 5.41) is 70.4. The average molecular weight is 1580 g/mol. The quantitative estimate of drug-likeness (QED) is 0.0162. The summed E-state index contributed by atoms with van der Waals surface area (Å²) in [4.78, 5) is 203. The number of allylic oxidation sites excluding steroid dienone is 2. The van der Waals surface area contributed by atoms with Gasteiger partial charge in [-0.25, -0.2) is 4.79 Å². The number of aliphatic hydroxyl groups is 1. The molecule has 1 aliphatic carbocycles. The molecule has 616 valence electrons. The summed E-state index contributed by atoms with van der Waals surface area (Å²) in [5.74, 6) is -14.7. The third-order valence-electron chi connectivity index (χ3n) is 19.4. The topological polar surface area (TPSA) is 590 Å². The van der Waals surface area contributed by atoms with E-state index in [4.69, 9.17) is 32.8 Å². The Bertz CT molecular complexity index is 4170. The van der Waals surface area contributed by atoms with Crippen LogP contribution in [0.1, 0.15) is 141 Å². The molecule has 3 heterocycles. The molecule has 11 atom stereocenters. The number of benzene rings is 3. The van der Waals surface area contributed by atoms with Gasteiger partial charge < -0.3 is 111 Å². The molecule has 0 bridgehead atoms. The molecule has 24 N–H and O–H groups in total. The molecule has 0 radical (unpaired) electrons. The minimum atomic E-state index is -2.00. The van der Waals surface area contributed by atoms with Crippen LogP contribution in [0, 0.1) is 10.8 Å². The van der Waals surface area contributed by atoms with Gasteiger partial charge in [0.2, 0.25) is 70.9 Å². The Morgan fingerprint density at radius 3 is 1.76 bits per heavy atom. The van der Waals surface area contributed by atoms with Crippen LogP contribution in [0.15, 0.2) is 102 Å². The third-order valence-corrected chi connectivity index (χ3v) is 19.4.